The molecular formula is C21H21N5O4. The van der Waals surface area contributed by atoms with Crippen molar-refractivity contribution >= 4 is 5.97 Å². The lowest BCUT2D eigenvalue weighted by atomic mass is 9.95. The average Bonchev–Trinajstić information content (AvgIpc) is 3.20. The summed E-state index contributed by atoms with van der Waals surface area (Å²) < 4.78 is 18.0. The minimum Gasteiger partial charge on any atom is -0.467 e. The van der Waals surface area contributed by atoms with Gasteiger partial charge in [0.1, 0.15) is 5.82 Å². The molecular weight excluding hydrogens is 386 g/mol. The van der Waals surface area contributed by atoms with Gasteiger partial charge in [0.2, 0.25) is 5.88 Å². The van der Waals surface area contributed by atoms with Crippen LogP contribution in [0.4, 0.5) is 0 Å². The van der Waals surface area contributed by atoms with Crippen molar-refractivity contribution in [2.24, 2.45) is 0 Å². The van der Waals surface area contributed by atoms with E-state index < -0.39 is 11.6 Å². The lowest BCUT2D eigenvalue weighted by Gasteiger charge is -2.27. The number of aromatic nitrogens is 4. The number of aryl methyl sites for hydroxylation is 2. The van der Waals surface area contributed by atoms with E-state index in [1.54, 1.807) is 49.8 Å². The third-order valence-corrected chi connectivity index (χ3v) is 4.64. The summed E-state index contributed by atoms with van der Waals surface area (Å²) in [7, 11) is 2.68. The van der Waals surface area contributed by atoms with Crippen LogP contribution in [0.1, 0.15) is 29.6 Å². The first-order valence-corrected chi connectivity index (χ1v) is 9.04. The van der Waals surface area contributed by atoms with Gasteiger partial charge < -0.3 is 14.2 Å². The standard InChI is InChI=1S/C21H21N5O4/c1-13-18(21(3,29-5)20(27)28-4)19(25-14(2)24-13)30-17-11-23-26(12-17)16-8-6-7-15(9-16)10-22/h6-9,11-12H,1-5H3. The second-order valence-corrected chi connectivity index (χ2v) is 6.65. The number of hydrogen-bond acceptors (Lipinski definition) is 8. The van der Waals surface area contributed by atoms with Crippen LogP contribution in [0.3, 0.4) is 0 Å². The number of benzene rings is 1. The zero-order valence-corrected chi connectivity index (χ0v) is 17.3. The highest BCUT2D eigenvalue weighted by Gasteiger charge is 2.42. The van der Waals surface area contributed by atoms with Crippen LogP contribution in [-0.2, 0) is 19.9 Å². The Bertz CT molecular complexity index is 1130. The van der Waals surface area contributed by atoms with E-state index in [2.05, 4.69) is 21.1 Å². The molecule has 0 amide bonds. The Labute approximate surface area is 173 Å². The van der Waals surface area contributed by atoms with Gasteiger partial charge in [-0.2, -0.15) is 15.3 Å². The normalized spacial score (nSPS) is 12.7. The van der Waals surface area contributed by atoms with Crippen LogP contribution in [0.5, 0.6) is 11.6 Å². The van der Waals surface area contributed by atoms with Gasteiger partial charge in [-0.1, -0.05) is 6.07 Å². The summed E-state index contributed by atoms with van der Waals surface area (Å²) in [6.07, 6.45) is 3.16. The number of hydrogen-bond donors (Lipinski definition) is 0. The van der Waals surface area contributed by atoms with Crippen LogP contribution in [0.2, 0.25) is 0 Å². The quantitative estimate of drug-likeness (QED) is 0.573. The number of nitriles is 1. The first kappa shape index (κ1) is 21.0. The SMILES string of the molecule is COC(=O)C(C)(OC)c1c(C)nc(C)nc1Oc1cnn(-c2cccc(C#N)c2)c1. The van der Waals surface area contributed by atoms with Crippen LogP contribution in [0, 0.1) is 25.2 Å². The predicted octanol–water partition coefficient (Wildman–Crippen LogP) is 2.98. The van der Waals surface area contributed by atoms with Gasteiger partial charge in [0.25, 0.3) is 0 Å². The van der Waals surface area contributed by atoms with Gasteiger partial charge in [0.15, 0.2) is 11.4 Å². The topological polar surface area (TPSA) is 112 Å². The smallest absolute Gasteiger partial charge is 0.342 e. The molecule has 9 heteroatoms. The molecule has 1 atom stereocenters. The molecule has 0 radical (unpaired) electrons. The third-order valence-electron chi connectivity index (χ3n) is 4.64. The number of methoxy groups -OCH3 is 2. The van der Waals surface area contributed by atoms with Crippen LogP contribution >= 0.6 is 0 Å². The maximum Gasteiger partial charge on any atom is 0.342 e. The number of esters is 1. The number of ether oxygens (including phenoxy) is 3. The molecule has 1 unspecified atom stereocenters. The van der Waals surface area contributed by atoms with E-state index in [9.17, 15) is 4.79 Å². The molecule has 0 saturated heterocycles. The van der Waals surface area contributed by atoms with Gasteiger partial charge in [-0.15, -0.1) is 0 Å². The fourth-order valence-electron chi connectivity index (χ4n) is 3.12. The van der Waals surface area contributed by atoms with E-state index in [0.717, 1.165) is 0 Å². The Morgan fingerprint density at radius 3 is 2.67 bits per heavy atom. The molecule has 0 aliphatic heterocycles. The zero-order chi connectivity index (χ0) is 21.9. The summed E-state index contributed by atoms with van der Waals surface area (Å²) in [5, 5.41) is 13.4. The second kappa shape index (κ2) is 8.31. The molecule has 0 N–H and O–H groups in total. The largest absolute Gasteiger partial charge is 0.467 e. The molecule has 9 nitrogen and oxygen atoms in total. The third kappa shape index (κ3) is 3.86. The van der Waals surface area contributed by atoms with Gasteiger partial charge in [-0.05, 0) is 39.0 Å². The fourth-order valence-corrected chi connectivity index (χ4v) is 3.12. The summed E-state index contributed by atoms with van der Waals surface area (Å²) in [6.45, 7) is 5.04. The number of carbonyl (C=O) groups is 1. The highest BCUT2D eigenvalue weighted by molar-refractivity contribution is 5.82. The number of carbonyl (C=O) groups excluding carboxylic acids is 1. The average molecular weight is 407 g/mol. The maximum absolute atomic E-state index is 12.5. The molecule has 3 rings (SSSR count). The number of rotatable bonds is 6. The summed E-state index contributed by atoms with van der Waals surface area (Å²) >= 11 is 0. The first-order valence-electron chi connectivity index (χ1n) is 9.04. The van der Waals surface area contributed by atoms with E-state index in [0.29, 0.717) is 34.1 Å². The molecule has 0 bridgehead atoms. The zero-order valence-electron chi connectivity index (χ0n) is 17.3. The van der Waals surface area contributed by atoms with Crippen LogP contribution < -0.4 is 4.74 Å². The molecule has 0 spiro atoms. The number of nitrogens with zero attached hydrogens (tertiary/aromatic N) is 5. The Morgan fingerprint density at radius 2 is 2.00 bits per heavy atom. The van der Waals surface area contributed by atoms with Crippen molar-refractivity contribution in [2.45, 2.75) is 26.4 Å². The Morgan fingerprint density at radius 1 is 1.23 bits per heavy atom. The lowest BCUT2D eigenvalue weighted by molar-refractivity contribution is -0.165. The molecule has 0 fully saturated rings. The Balaban J connectivity index is 2.03. The molecule has 154 valence electrons. The molecule has 1 aromatic carbocycles. The van der Waals surface area contributed by atoms with Crippen molar-refractivity contribution in [3.05, 3.63) is 59.3 Å². The van der Waals surface area contributed by atoms with Crippen molar-refractivity contribution in [3.63, 3.8) is 0 Å². The molecule has 0 aliphatic rings. The summed E-state index contributed by atoms with van der Waals surface area (Å²) in [4.78, 5) is 21.2. The van der Waals surface area contributed by atoms with E-state index >= 15 is 0 Å². The summed E-state index contributed by atoms with van der Waals surface area (Å²) in [5.74, 6) is 0.428. The van der Waals surface area contributed by atoms with E-state index in [1.807, 2.05) is 6.07 Å². The second-order valence-electron chi connectivity index (χ2n) is 6.65. The van der Waals surface area contributed by atoms with Crippen LogP contribution in [-0.4, -0.2) is 39.9 Å². The fraction of sp³-hybridized carbons (Fsp3) is 0.286. The van der Waals surface area contributed by atoms with E-state index in [-0.39, 0.29) is 5.88 Å². The highest BCUT2D eigenvalue weighted by atomic mass is 16.6. The van der Waals surface area contributed by atoms with Crippen molar-refractivity contribution < 1.29 is 19.0 Å². The van der Waals surface area contributed by atoms with Crippen molar-refractivity contribution in [2.75, 3.05) is 14.2 Å². The van der Waals surface area contributed by atoms with Crippen LogP contribution in [0.15, 0.2) is 36.7 Å². The van der Waals surface area contributed by atoms with E-state index in [4.69, 9.17) is 19.5 Å². The van der Waals surface area contributed by atoms with E-state index in [1.165, 1.54) is 20.4 Å². The van der Waals surface area contributed by atoms with Gasteiger partial charge in [-0.3, -0.25) is 0 Å². The van der Waals surface area contributed by atoms with Crippen molar-refractivity contribution in [1.29, 1.82) is 5.26 Å². The molecule has 0 saturated carbocycles. The van der Waals surface area contributed by atoms with Crippen molar-refractivity contribution in [1.82, 2.24) is 19.7 Å². The molecule has 2 heterocycles. The minimum absolute atomic E-state index is 0.167. The summed E-state index contributed by atoms with van der Waals surface area (Å²) in [6, 6.07) is 9.10. The molecule has 2 aromatic heterocycles. The van der Waals surface area contributed by atoms with Gasteiger partial charge in [-0.25, -0.2) is 14.5 Å². The summed E-state index contributed by atoms with van der Waals surface area (Å²) in [5.41, 5.74) is 0.654. The van der Waals surface area contributed by atoms with Gasteiger partial charge >= 0.3 is 5.97 Å². The van der Waals surface area contributed by atoms with Gasteiger partial charge in [0, 0.05) is 7.11 Å². The minimum atomic E-state index is -1.46. The molecule has 3 aromatic rings. The first-order chi connectivity index (χ1) is 14.3. The van der Waals surface area contributed by atoms with Gasteiger partial charge in [0.05, 0.1) is 48.1 Å². The lowest BCUT2D eigenvalue weighted by Crippen LogP contribution is -2.37. The van der Waals surface area contributed by atoms with Crippen molar-refractivity contribution in [3.8, 4) is 23.4 Å². The highest BCUT2D eigenvalue weighted by Crippen LogP contribution is 2.36. The Kier molecular flexibility index (Phi) is 5.80. The monoisotopic (exact) mass is 407 g/mol. The predicted molar refractivity (Wildman–Crippen MR) is 106 cm³/mol. The molecule has 0 aliphatic carbocycles. The maximum atomic E-state index is 12.5. The van der Waals surface area contributed by atoms with Crippen LogP contribution in [0.25, 0.3) is 5.69 Å². The molecule has 30 heavy (non-hydrogen) atoms. The Hall–Kier alpha value is -3.77.